The summed E-state index contributed by atoms with van der Waals surface area (Å²) in [6.45, 7) is 3.39. The van der Waals surface area contributed by atoms with Crippen molar-refractivity contribution >= 4 is 46.5 Å². The topological polar surface area (TPSA) is 121 Å². The van der Waals surface area contributed by atoms with Crippen molar-refractivity contribution in [2.24, 2.45) is 0 Å². The van der Waals surface area contributed by atoms with Crippen LogP contribution in [0.2, 0.25) is 5.02 Å². The van der Waals surface area contributed by atoms with Crippen LogP contribution in [0.1, 0.15) is 10.5 Å². The molecule has 3 rings (SSSR count). The monoisotopic (exact) mass is 465 g/mol. The van der Waals surface area contributed by atoms with Crippen molar-refractivity contribution in [2.75, 3.05) is 23.0 Å². The number of nitrogens with zero attached hydrogens (tertiary/aromatic N) is 1. The molecule has 9 nitrogen and oxygen atoms in total. The van der Waals surface area contributed by atoms with Gasteiger partial charge in [-0.2, -0.15) is 0 Å². The highest BCUT2D eigenvalue weighted by atomic mass is 35.5. The molecular formula is C23H20ClN5O4. The molecule has 10 heteroatoms. The summed E-state index contributed by atoms with van der Waals surface area (Å²) < 4.78 is 5.73. The number of rotatable bonds is 7. The number of pyridine rings is 1. The second kappa shape index (κ2) is 10.8. The van der Waals surface area contributed by atoms with Crippen molar-refractivity contribution in [3.05, 3.63) is 84.2 Å². The lowest BCUT2D eigenvalue weighted by atomic mass is 10.2. The van der Waals surface area contributed by atoms with Gasteiger partial charge in [0.1, 0.15) is 17.2 Å². The summed E-state index contributed by atoms with van der Waals surface area (Å²) in [7, 11) is 1.52. The summed E-state index contributed by atoms with van der Waals surface area (Å²) in [4.78, 5) is 39.5. The number of aromatic nitrogens is 1. The number of hydrogen-bond acceptors (Lipinski definition) is 5. The number of ether oxygens (including phenoxy) is 1. The van der Waals surface area contributed by atoms with E-state index in [2.05, 4.69) is 32.8 Å². The predicted molar refractivity (Wildman–Crippen MR) is 127 cm³/mol. The lowest BCUT2D eigenvalue weighted by molar-refractivity contribution is -0.111. The minimum Gasteiger partial charge on any atom is -0.457 e. The molecule has 1 heterocycles. The van der Waals surface area contributed by atoms with E-state index in [1.54, 1.807) is 42.5 Å². The van der Waals surface area contributed by atoms with Gasteiger partial charge in [-0.15, -0.1) is 0 Å². The molecule has 2 aromatic carbocycles. The van der Waals surface area contributed by atoms with Gasteiger partial charge in [0.05, 0.1) is 10.7 Å². The molecule has 0 radical (unpaired) electrons. The lowest BCUT2D eigenvalue weighted by Crippen LogP contribution is -2.19. The fourth-order valence-electron chi connectivity index (χ4n) is 2.65. The van der Waals surface area contributed by atoms with Crippen LogP contribution < -0.4 is 26.0 Å². The van der Waals surface area contributed by atoms with Crippen molar-refractivity contribution in [3.63, 3.8) is 0 Å². The van der Waals surface area contributed by atoms with Crippen LogP contribution in [0.3, 0.4) is 0 Å². The zero-order chi connectivity index (χ0) is 23.8. The van der Waals surface area contributed by atoms with Gasteiger partial charge in [0.25, 0.3) is 5.91 Å². The van der Waals surface area contributed by atoms with Crippen LogP contribution >= 0.6 is 11.6 Å². The Morgan fingerprint density at radius 3 is 2.33 bits per heavy atom. The Morgan fingerprint density at radius 1 is 0.939 bits per heavy atom. The van der Waals surface area contributed by atoms with Gasteiger partial charge in [0, 0.05) is 30.7 Å². The molecule has 4 N–H and O–H groups in total. The van der Waals surface area contributed by atoms with Crippen molar-refractivity contribution in [1.29, 1.82) is 0 Å². The largest absolute Gasteiger partial charge is 0.457 e. The number of hydrogen-bond donors (Lipinski definition) is 4. The first-order chi connectivity index (χ1) is 15.9. The fourth-order valence-corrected chi connectivity index (χ4v) is 2.81. The SMILES string of the molecule is C=CC(=O)Nc1cc(NC(=O)Nc2ccc(Oc3ccnc(C(=O)NC)c3)cc2)ccc1Cl. The van der Waals surface area contributed by atoms with E-state index in [4.69, 9.17) is 16.3 Å². The number of nitrogens with one attached hydrogen (secondary N) is 4. The van der Waals surface area contributed by atoms with Gasteiger partial charge in [0.15, 0.2) is 0 Å². The highest BCUT2D eigenvalue weighted by Gasteiger charge is 2.09. The first-order valence-corrected chi connectivity index (χ1v) is 10.0. The first kappa shape index (κ1) is 23.3. The number of benzene rings is 2. The van der Waals surface area contributed by atoms with Gasteiger partial charge in [-0.3, -0.25) is 14.6 Å². The number of anilines is 3. The van der Waals surface area contributed by atoms with Crippen LogP contribution in [0.25, 0.3) is 0 Å². The number of carbonyl (C=O) groups is 3. The number of amides is 4. The first-order valence-electron chi connectivity index (χ1n) is 9.65. The van der Waals surface area contributed by atoms with Gasteiger partial charge >= 0.3 is 6.03 Å². The van der Waals surface area contributed by atoms with Crippen molar-refractivity contribution < 1.29 is 19.1 Å². The van der Waals surface area contributed by atoms with E-state index < -0.39 is 11.9 Å². The maximum absolute atomic E-state index is 12.3. The highest BCUT2D eigenvalue weighted by Crippen LogP contribution is 2.26. The molecule has 33 heavy (non-hydrogen) atoms. The van der Waals surface area contributed by atoms with E-state index >= 15 is 0 Å². The second-order valence-corrected chi connectivity index (χ2v) is 6.96. The third kappa shape index (κ3) is 6.55. The Balaban J connectivity index is 1.60. The molecule has 0 unspecified atom stereocenters. The Kier molecular flexibility index (Phi) is 7.61. The number of halogens is 1. The second-order valence-electron chi connectivity index (χ2n) is 6.55. The maximum Gasteiger partial charge on any atom is 0.323 e. The van der Waals surface area contributed by atoms with E-state index in [1.165, 1.54) is 25.4 Å². The number of urea groups is 1. The molecule has 3 aromatic rings. The van der Waals surface area contributed by atoms with Crippen molar-refractivity contribution in [3.8, 4) is 11.5 Å². The van der Waals surface area contributed by atoms with E-state index in [1.807, 2.05) is 0 Å². The maximum atomic E-state index is 12.3. The molecule has 0 atom stereocenters. The van der Waals surface area contributed by atoms with Crippen LogP contribution in [-0.4, -0.2) is 29.9 Å². The smallest absolute Gasteiger partial charge is 0.323 e. The Bertz CT molecular complexity index is 1200. The van der Waals surface area contributed by atoms with Crippen LogP contribution in [-0.2, 0) is 4.79 Å². The predicted octanol–water partition coefficient (Wildman–Crippen LogP) is 4.66. The Morgan fingerprint density at radius 2 is 1.64 bits per heavy atom. The molecule has 0 saturated carbocycles. The zero-order valence-corrected chi connectivity index (χ0v) is 18.3. The zero-order valence-electron chi connectivity index (χ0n) is 17.5. The average molecular weight is 466 g/mol. The Hall–Kier alpha value is -4.37. The van der Waals surface area contributed by atoms with Gasteiger partial charge in [0.2, 0.25) is 5.91 Å². The summed E-state index contributed by atoms with van der Waals surface area (Å²) >= 11 is 6.06. The van der Waals surface area contributed by atoms with Crippen molar-refractivity contribution in [2.45, 2.75) is 0 Å². The summed E-state index contributed by atoms with van der Waals surface area (Å²) in [5, 5.41) is 10.7. The van der Waals surface area contributed by atoms with Crippen LogP contribution in [0.15, 0.2) is 73.4 Å². The summed E-state index contributed by atoms with van der Waals surface area (Å²) in [5.41, 5.74) is 1.53. The molecule has 0 saturated heterocycles. The van der Waals surface area contributed by atoms with E-state index in [0.717, 1.165) is 6.08 Å². The molecule has 0 aliphatic rings. The molecule has 1 aromatic heterocycles. The molecule has 0 aliphatic carbocycles. The van der Waals surface area contributed by atoms with Gasteiger partial charge < -0.3 is 26.0 Å². The minimum atomic E-state index is -0.489. The number of carbonyl (C=O) groups excluding carboxylic acids is 3. The molecule has 0 fully saturated rings. The highest BCUT2D eigenvalue weighted by molar-refractivity contribution is 6.34. The van der Waals surface area contributed by atoms with Crippen LogP contribution in [0, 0.1) is 0 Å². The molecular weight excluding hydrogens is 446 g/mol. The quantitative estimate of drug-likeness (QED) is 0.378. The average Bonchev–Trinajstić information content (AvgIpc) is 2.82. The molecule has 0 bridgehead atoms. The van der Waals surface area contributed by atoms with E-state index in [9.17, 15) is 14.4 Å². The van der Waals surface area contributed by atoms with Gasteiger partial charge in [-0.1, -0.05) is 18.2 Å². The lowest BCUT2D eigenvalue weighted by Gasteiger charge is -2.11. The summed E-state index contributed by atoms with van der Waals surface area (Å²) in [6.07, 6.45) is 2.59. The molecule has 0 aliphatic heterocycles. The fraction of sp³-hybridized carbons (Fsp3) is 0.0435. The van der Waals surface area contributed by atoms with Gasteiger partial charge in [-0.05, 0) is 54.6 Å². The van der Waals surface area contributed by atoms with E-state index in [0.29, 0.717) is 33.6 Å². The summed E-state index contributed by atoms with van der Waals surface area (Å²) in [5.74, 6) is 0.221. The molecule has 168 valence electrons. The standard InChI is InChI=1S/C23H20ClN5O4/c1-3-21(30)29-19-12-15(6-9-18(19)24)28-23(32)27-14-4-7-16(8-5-14)33-17-10-11-26-20(13-17)22(31)25-2/h3-13H,1H2,2H3,(H,25,31)(H,29,30)(H2,27,28,32). The van der Waals surface area contributed by atoms with Gasteiger partial charge in [-0.25, -0.2) is 4.79 Å². The van der Waals surface area contributed by atoms with Crippen LogP contribution in [0.5, 0.6) is 11.5 Å². The summed E-state index contributed by atoms with van der Waals surface area (Å²) in [6, 6.07) is 14.0. The van der Waals surface area contributed by atoms with Crippen LogP contribution in [0.4, 0.5) is 21.9 Å². The molecule has 4 amide bonds. The van der Waals surface area contributed by atoms with Crippen molar-refractivity contribution in [1.82, 2.24) is 10.3 Å². The van der Waals surface area contributed by atoms with E-state index in [-0.39, 0.29) is 11.6 Å². The normalized spacial score (nSPS) is 10.0. The third-order valence-corrected chi connectivity index (χ3v) is 4.54. The minimum absolute atomic E-state index is 0.236. The third-order valence-electron chi connectivity index (χ3n) is 4.21. The molecule has 0 spiro atoms. The Labute approximate surface area is 194 Å².